The first-order chi connectivity index (χ1) is 9.63. The number of ether oxygens (including phenoxy) is 1. The van der Waals surface area contributed by atoms with Gasteiger partial charge in [-0.2, -0.15) is 0 Å². The summed E-state index contributed by atoms with van der Waals surface area (Å²) in [5.74, 6) is 8.37. The van der Waals surface area contributed by atoms with E-state index < -0.39 is 0 Å². The first-order valence-electron chi connectivity index (χ1n) is 7.22. The van der Waals surface area contributed by atoms with Gasteiger partial charge in [-0.1, -0.05) is 31.8 Å². The first-order valence-corrected chi connectivity index (χ1v) is 7.22. The molecule has 1 aromatic rings. The number of nitrogens with two attached hydrogens (primary N) is 1. The van der Waals surface area contributed by atoms with E-state index in [9.17, 15) is 0 Å². The molecule has 3 nitrogen and oxygen atoms in total. The molecular formula is C17H24N2O. The Kier molecular flexibility index (Phi) is 5.05. The van der Waals surface area contributed by atoms with E-state index in [1.54, 1.807) is 7.11 Å². The van der Waals surface area contributed by atoms with Crippen molar-refractivity contribution in [3.63, 3.8) is 0 Å². The molecule has 1 aliphatic heterocycles. The molecule has 2 unspecified atom stereocenters. The summed E-state index contributed by atoms with van der Waals surface area (Å²) in [6.45, 7) is 8.37. The monoisotopic (exact) mass is 272 g/mol. The molecule has 0 aromatic heterocycles. The van der Waals surface area contributed by atoms with E-state index in [1.807, 2.05) is 6.07 Å². The Labute approximate surface area is 122 Å². The summed E-state index contributed by atoms with van der Waals surface area (Å²) < 4.78 is 5.34. The zero-order valence-corrected chi connectivity index (χ0v) is 12.6. The Balaban J connectivity index is 2.13. The average Bonchev–Trinajstić information content (AvgIpc) is 2.75. The summed E-state index contributed by atoms with van der Waals surface area (Å²) >= 11 is 0. The van der Waals surface area contributed by atoms with Gasteiger partial charge in [0.15, 0.2) is 0 Å². The maximum atomic E-state index is 5.45. The van der Waals surface area contributed by atoms with Crippen molar-refractivity contribution < 1.29 is 4.74 Å². The molecule has 0 bridgehead atoms. The lowest BCUT2D eigenvalue weighted by molar-refractivity contribution is 0.316. The standard InChI is InChI=1S/C17H24N2O/c1-13-10-19(11-14(13)2)12-15-6-7-17(20-3)16(9-15)5-4-8-18/h6-7,9,13-14H,8,10-12,18H2,1-3H3. The molecule has 0 aliphatic carbocycles. The molecule has 1 aliphatic rings. The lowest BCUT2D eigenvalue weighted by atomic mass is 10.0. The molecule has 0 amide bonds. The minimum atomic E-state index is 0.370. The smallest absolute Gasteiger partial charge is 0.134 e. The normalized spacial score (nSPS) is 22.4. The highest BCUT2D eigenvalue weighted by molar-refractivity contribution is 5.48. The molecule has 1 heterocycles. The van der Waals surface area contributed by atoms with Crippen molar-refractivity contribution >= 4 is 0 Å². The molecule has 3 heteroatoms. The van der Waals surface area contributed by atoms with E-state index in [1.165, 1.54) is 18.7 Å². The third-order valence-corrected chi connectivity index (χ3v) is 4.06. The average molecular weight is 272 g/mol. The molecule has 2 atom stereocenters. The molecule has 108 valence electrons. The lowest BCUT2D eigenvalue weighted by Crippen LogP contribution is -2.20. The van der Waals surface area contributed by atoms with Gasteiger partial charge in [0.05, 0.1) is 19.2 Å². The molecule has 0 radical (unpaired) electrons. The van der Waals surface area contributed by atoms with Crippen LogP contribution in [0.25, 0.3) is 0 Å². The van der Waals surface area contributed by atoms with Gasteiger partial charge in [-0.25, -0.2) is 0 Å². The second-order valence-corrected chi connectivity index (χ2v) is 5.69. The fourth-order valence-electron chi connectivity index (χ4n) is 2.73. The number of nitrogens with zero attached hydrogens (tertiary/aromatic N) is 1. The van der Waals surface area contributed by atoms with E-state index >= 15 is 0 Å². The molecule has 2 N–H and O–H groups in total. The van der Waals surface area contributed by atoms with Gasteiger partial charge < -0.3 is 10.5 Å². The Morgan fingerprint density at radius 2 is 2.00 bits per heavy atom. The van der Waals surface area contributed by atoms with Gasteiger partial charge in [-0.15, -0.1) is 0 Å². The molecule has 1 fully saturated rings. The highest BCUT2D eigenvalue weighted by atomic mass is 16.5. The number of hydrogen-bond donors (Lipinski definition) is 1. The Morgan fingerprint density at radius 3 is 2.60 bits per heavy atom. The van der Waals surface area contributed by atoms with Crippen LogP contribution in [0.1, 0.15) is 25.0 Å². The summed E-state index contributed by atoms with van der Waals surface area (Å²) in [6.07, 6.45) is 0. The predicted molar refractivity (Wildman–Crippen MR) is 82.5 cm³/mol. The van der Waals surface area contributed by atoms with Crippen LogP contribution in [-0.4, -0.2) is 31.6 Å². The van der Waals surface area contributed by atoms with Gasteiger partial charge in [-0.05, 0) is 29.5 Å². The van der Waals surface area contributed by atoms with E-state index in [0.29, 0.717) is 6.54 Å². The maximum absolute atomic E-state index is 5.45. The minimum absolute atomic E-state index is 0.370. The summed E-state index contributed by atoms with van der Waals surface area (Å²) in [5.41, 5.74) is 7.66. The highest BCUT2D eigenvalue weighted by Gasteiger charge is 2.25. The Morgan fingerprint density at radius 1 is 1.30 bits per heavy atom. The summed E-state index contributed by atoms with van der Waals surface area (Å²) in [7, 11) is 1.67. The van der Waals surface area contributed by atoms with E-state index in [2.05, 4.69) is 42.7 Å². The molecule has 2 rings (SSSR count). The van der Waals surface area contributed by atoms with Gasteiger partial charge in [0.1, 0.15) is 5.75 Å². The first kappa shape index (κ1) is 14.9. The quantitative estimate of drug-likeness (QED) is 0.856. The van der Waals surface area contributed by atoms with Crippen molar-refractivity contribution in [1.82, 2.24) is 4.90 Å². The molecule has 0 spiro atoms. The minimum Gasteiger partial charge on any atom is -0.495 e. The highest BCUT2D eigenvalue weighted by Crippen LogP contribution is 2.25. The number of methoxy groups -OCH3 is 1. The van der Waals surface area contributed by atoms with Gasteiger partial charge in [0.2, 0.25) is 0 Å². The van der Waals surface area contributed by atoms with Crippen LogP contribution in [-0.2, 0) is 6.54 Å². The second kappa shape index (κ2) is 6.78. The zero-order valence-electron chi connectivity index (χ0n) is 12.6. The molecular weight excluding hydrogens is 248 g/mol. The van der Waals surface area contributed by atoms with Gasteiger partial charge in [-0.3, -0.25) is 4.90 Å². The maximum Gasteiger partial charge on any atom is 0.134 e. The van der Waals surface area contributed by atoms with Crippen LogP contribution >= 0.6 is 0 Å². The lowest BCUT2D eigenvalue weighted by Gasteiger charge is -2.16. The Hall–Kier alpha value is -1.50. The van der Waals surface area contributed by atoms with Crippen LogP contribution in [0.2, 0.25) is 0 Å². The van der Waals surface area contributed by atoms with Crippen molar-refractivity contribution in [3.8, 4) is 17.6 Å². The van der Waals surface area contributed by atoms with Crippen molar-refractivity contribution in [3.05, 3.63) is 29.3 Å². The number of hydrogen-bond acceptors (Lipinski definition) is 3. The topological polar surface area (TPSA) is 38.5 Å². The molecule has 1 saturated heterocycles. The SMILES string of the molecule is COc1ccc(CN2CC(C)C(C)C2)cc1C#CCN. The van der Waals surface area contributed by atoms with Crippen LogP contribution in [0.5, 0.6) is 5.75 Å². The van der Waals surface area contributed by atoms with E-state index in [-0.39, 0.29) is 0 Å². The van der Waals surface area contributed by atoms with Crippen LogP contribution < -0.4 is 10.5 Å². The third kappa shape index (κ3) is 3.53. The largest absolute Gasteiger partial charge is 0.495 e. The van der Waals surface area contributed by atoms with E-state index in [4.69, 9.17) is 10.5 Å². The fraction of sp³-hybridized carbons (Fsp3) is 0.529. The van der Waals surface area contributed by atoms with Crippen molar-refractivity contribution in [2.45, 2.75) is 20.4 Å². The number of benzene rings is 1. The fourth-order valence-corrected chi connectivity index (χ4v) is 2.73. The Bertz CT molecular complexity index is 505. The van der Waals surface area contributed by atoms with Crippen molar-refractivity contribution in [2.24, 2.45) is 17.6 Å². The van der Waals surface area contributed by atoms with Crippen LogP contribution in [0.3, 0.4) is 0 Å². The zero-order chi connectivity index (χ0) is 14.5. The van der Waals surface area contributed by atoms with Gasteiger partial charge >= 0.3 is 0 Å². The number of rotatable bonds is 3. The van der Waals surface area contributed by atoms with Crippen molar-refractivity contribution in [1.29, 1.82) is 0 Å². The summed E-state index contributed by atoms with van der Waals surface area (Å²) in [6, 6.07) is 6.24. The van der Waals surface area contributed by atoms with Crippen LogP contribution in [0.4, 0.5) is 0 Å². The van der Waals surface area contributed by atoms with E-state index in [0.717, 1.165) is 29.7 Å². The summed E-state index contributed by atoms with van der Waals surface area (Å²) in [4.78, 5) is 2.51. The predicted octanol–water partition coefficient (Wildman–Crippen LogP) is 2.09. The molecule has 0 saturated carbocycles. The number of likely N-dealkylation sites (tertiary alicyclic amines) is 1. The molecule has 1 aromatic carbocycles. The third-order valence-electron chi connectivity index (χ3n) is 4.06. The van der Waals surface area contributed by atoms with Crippen molar-refractivity contribution in [2.75, 3.05) is 26.7 Å². The van der Waals surface area contributed by atoms with Gasteiger partial charge in [0, 0.05) is 19.6 Å². The van der Waals surface area contributed by atoms with Crippen LogP contribution in [0, 0.1) is 23.7 Å². The second-order valence-electron chi connectivity index (χ2n) is 5.69. The van der Waals surface area contributed by atoms with Crippen LogP contribution in [0.15, 0.2) is 18.2 Å². The molecule has 20 heavy (non-hydrogen) atoms. The van der Waals surface area contributed by atoms with Gasteiger partial charge in [0.25, 0.3) is 0 Å². The summed E-state index contributed by atoms with van der Waals surface area (Å²) in [5, 5.41) is 0.